The van der Waals surface area contributed by atoms with E-state index in [0.29, 0.717) is 26.4 Å². The van der Waals surface area contributed by atoms with Crippen molar-refractivity contribution in [1.29, 1.82) is 0 Å². The summed E-state index contributed by atoms with van der Waals surface area (Å²) in [7, 11) is 0.486. The lowest BCUT2D eigenvalue weighted by Crippen LogP contribution is -2.20. The SMILES string of the molecule is COCCOCCOC(=O)/C=C/C(=O)OCCC[Si](C)(C)C. The van der Waals surface area contributed by atoms with E-state index in [1.165, 1.54) is 0 Å². The third-order valence-electron chi connectivity index (χ3n) is 2.57. The minimum absolute atomic E-state index is 0.137. The van der Waals surface area contributed by atoms with Gasteiger partial charge in [-0.1, -0.05) is 25.7 Å². The predicted molar refractivity (Wildman–Crippen MR) is 86.5 cm³/mol. The molecule has 6 nitrogen and oxygen atoms in total. The molecule has 0 rings (SSSR count). The lowest BCUT2D eigenvalue weighted by atomic mass is 10.5. The van der Waals surface area contributed by atoms with Crippen molar-refractivity contribution in [2.45, 2.75) is 32.1 Å². The van der Waals surface area contributed by atoms with Gasteiger partial charge >= 0.3 is 11.9 Å². The van der Waals surface area contributed by atoms with Crippen LogP contribution in [0.15, 0.2) is 12.2 Å². The van der Waals surface area contributed by atoms with Crippen LogP contribution < -0.4 is 0 Å². The van der Waals surface area contributed by atoms with Gasteiger partial charge in [0, 0.05) is 27.3 Å². The van der Waals surface area contributed by atoms with Gasteiger partial charge in [-0.3, -0.25) is 0 Å². The Morgan fingerprint density at radius 1 is 0.864 bits per heavy atom. The van der Waals surface area contributed by atoms with Crippen LogP contribution in [0.25, 0.3) is 0 Å². The third-order valence-corrected chi connectivity index (χ3v) is 4.43. The molecule has 0 atom stereocenters. The number of carbonyl (C=O) groups is 2. The minimum Gasteiger partial charge on any atom is -0.463 e. The third kappa shape index (κ3) is 15.2. The lowest BCUT2D eigenvalue weighted by Gasteiger charge is -2.14. The van der Waals surface area contributed by atoms with Crippen molar-refractivity contribution < 1.29 is 28.5 Å². The molecule has 0 N–H and O–H groups in total. The summed E-state index contributed by atoms with van der Waals surface area (Å²) in [5, 5.41) is 0. The van der Waals surface area contributed by atoms with E-state index in [-0.39, 0.29) is 6.61 Å². The van der Waals surface area contributed by atoms with Crippen LogP contribution in [0.2, 0.25) is 25.7 Å². The predicted octanol–water partition coefficient (Wildman–Crippen LogP) is 2.02. The molecule has 0 unspecified atom stereocenters. The Labute approximate surface area is 133 Å². The molecular weight excluding hydrogens is 304 g/mol. The summed E-state index contributed by atoms with van der Waals surface area (Å²) in [5.41, 5.74) is 0. The minimum atomic E-state index is -1.10. The monoisotopic (exact) mass is 332 g/mol. The largest absolute Gasteiger partial charge is 0.463 e. The zero-order valence-electron chi connectivity index (χ0n) is 14.1. The van der Waals surface area contributed by atoms with Crippen molar-refractivity contribution in [2.75, 3.05) is 40.1 Å². The van der Waals surface area contributed by atoms with Crippen LogP contribution in [0.1, 0.15) is 6.42 Å². The van der Waals surface area contributed by atoms with Gasteiger partial charge in [0.2, 0.25) is 0 Å². The van der Waals surface area contributed by atoms with Crippen molar-refractivity contribution in [3.05, 3.63) is 12.2 Å². The van der Waals surface area contributed by atoms with Crippen molar-refractivity contribution >= 4 is 20.0 Å². The molecule has 0 saturated carbocycles. The van der Waals surface area contributed by atoms with Gasteiger partial charge in [0.1, 0.15) is 6.61 Å². The molecule has 0 radical (unpaired) electrons. The maximum Gasteiger partial charge on any atom is 0.331 e. The van der Waals surface area contributed by atoms with Gasteiger partial charge in [0.15, 0.2) is 0 Å². The van der Waals surface area contributed by atoms with E-state index < -0.39 is 20.0 Å². The van der Waals surface area contributed by atoms with E-state index in [9.17, 15) is 9.59 Å². The van der Waals surface area contributed by atoms with Crippen molar-refractivity contribution in [1.82, 2.24) is 0 Å². The Morgan fingerprint density at radius 3 is 1.95 bits per heavy atom. The molecule has 0 aliphatic carbocycles. The van der Waals surface area contributed by atoms with E-state index in [1.807, 2.05) is 0 Å². The molecule has 0 fully saturated rings. The highest BCUT2D eigenvalue weighted by atomic mass is 28.3. The van der Waals surface area contributed by atoms with Gasteiger partial charge in [-0.15, -0.1) is 0 Å². The van der Waals surface area contributed by atoms with Crippen molar-refractivity contribution in [2.24, 2.45) is 0 Å². The maximum absolute atomic E-state index is 11.4. The van der Waals surface area contributed by atoms with E-state index in [2.05, 4.69) is 19.6 Å². The average molecular weight is 332 g/mol. The number of methoxy groups -OCH3 is 1. The molecule has 0 aliphatic heterocycles. The van der Waals surface area contributed by atoms with Crippen LogP contribution in [0, 0.1) is 0 Å². The first kappa shape index (κ1) is 20.8. The molecule has 0 aromatic heterocycles. The summed E-state index contributed by atoms with van der Waals surface area (Å²) in [6.07, 6.45) is 3.01. The lowest BCUT2D eigenvalue weighted by molar-refractivity contribution is -0.141. The van der Waals surface area contributed by atoms with Crippen LogP contribution in [-0.4, -0.2) is 60.2 Å². The number of hydrogen-bond donors (Lipinski definition) is 0. The second-order valence-electron chi connectivity index (χ2n) is 5.94. The summed E-state index contributed by atoms with van der Waals surface area (Å²) in [6, 6.07) is 1.11. The fraction of sp³-hybridized carbons (Fsp3) is 0.733. The fourth-order valence-electron chi connectivity index (χ4n) is 1.45. The Kier molecular flexibility index (Phi) is 11.7. The van der Waals surface area contributed by atoms with Gasteiger partial charge in [-0.2, -0.15) is 0 Å². The molecule has 0 aromatic rings. The highest BCUT2D eigenvalue weighted by Gasteiger charge is 2.12. The summed E-state index contributed by atoms with van der Waals surface area (Å²) in [6.45, 7) is 8.57. The van der Waals surface area contributed by atoms with E-state index in [1.54, 1.807) is 7.11 Å². The Bertz CT molecular complexity index is 348. The van der Waals surface area contributed by atoms with Gasteiger partial charge in [-0.25, -0.2) is 9.59 Å². The Hall–Kier alpha value is -1.18. The maximum atomic E-state index is 11.4. The second-order valence-corrected chi connectivity index (χ2v) is 11.6. The zero-order valence-corrected chi connectivity index (χ0v) is 15.1. The molecule has 0 bridgehead atoms. The van der Waals surface area contributed by atoms with Crippen LogP contribution in [-0.2, 0) is 28.5 Å². The van der Waals surface area contributed by atoms with Crippen molar-refractivity contribution in [3.63, 3.8) is 0 Å². The number of rotatable bonds is 12. The Morgan fingerprint density at radius 2 is 1.41 bits per heavy atom. The molecule has 128 valence electrons. The smallest absolute Gasteiger partial charge is 0.331 e. The van der Waals surface area contributed by atoms with Gasteiger partial charge in [-0.05, 0) is 6.42 Å². The summed E-state index contributed by atoms with van der Waals surface area (Å²) < 4.78 is 19.8. The fourth-order valence-corrected chi connectivity index (χ4v) is 2.66. The topological polar surface area (TPSA) is 71.1 Å². The first-order valence-corrected chi connectivity index (χ1v) is 11.1. The first-order valence-electron chi connectivity index (χ1n) is 7.43. The number of esters is 2. The molecule has 0 aromatic carbocycles. The molecule has 0 aliphatic rings. The molecular formula is C15H28O6Si. The number of ether oxygens (including phenoxy) is 4. The number of hydrogen-bond acceptors (Lipinski definition) is 6. The van der Waals surface area contributed by atoms with Crippen LogP contribution in [0.4, 0.5) is 0 Å². The normalized spacial score (nSPS) is 11.6. The van der Waals surface area contributed by atoms with Gasteiger partial charge in [0.25, 0.3) is 0 Å². The van der Waals surface area contributed by atoms with Crippen LogP contribution in [0.3, 0.4) is 0 Å². The summed E-state index contributed by atoms with van der Waals surface area (Å²) >= 11 is 0. The summed E-state index contributed by atoms with van der Waals surface area (Å²) in [5.74, 6) is -1.11. The van der Waals surface area contributed by atoms with E-state index in [0.717, 1.165) is 24.6 Å². The highest BCUT2D eigenvalue weighted by molar-refractivity contribution is 6.76. The molecule has 0 heterocycles. The van der Waals surface area contributed by atoms with E-state index >= 15 is 0 Å². The number of carbonyl (C=O) groups excluding carboxylic acids is 2. The quantitative estimate of drug-likeness (QED) is 0.236. The van der Waals surface area contributed by atoms with E-state index in [4.69, 9.17) is 18.9 Å². The molecule has 0 saturated heterocycles. The highest BCUT2D eigenvalue weighted by Crippen LogP contribution is 2.10. The zero-order chi connectivity index (χ0) is 16.8. The van der Waals surface area contributed by atoms with Crippen LogP contribution >= 0.6 is 0 Å². The molecule has 0 spiro atoms. The Balaban J connectivity index is 3.63. The van der Waals surface area contributed by atoms with Gasteiger partial charge < -0.3 is 18.9 Å². The van der Waals surface area contributed by atoms with Crippen LogP contribution in [0.5, 0.6) is 0 Å². The standard InChI is InChI=1S/C15H28O6Si/c1-18-9-10-19-11-12-21-15(17)7-6-14(16)20-8-5-13-22(2,3)4/h6-7H,5,8-13H2,1-4H3/b7-6+. The average Bonchev–Trinajstić information content (AvgIpc) is 2.44. The van der Waals surface area contributed by atoms with Crippen molar-refractivity contribution in [3.8, 4) is 0 Å². The molecule has 22 heavy (non-hydrogen) atoms. The second kappa shape index (κ2) is 12.4. The molecule has 7 heteroatoms. The summed E-state index contributed by atoms with van der Waals surface area (Å²) in [4.78, 5) is 22.7. The van der Waals surface area contributed by atoms with Gasteiger partial charge in [0.05, 0.1) is 26.4 Å². The first-order chi connectivity index (χ1) is 10.3. The molecule has 0 amide bonds.